The van der Waals surface area contributed by atoms with Crippen LogP contribution in [-0.4, -0.2) is 36.0 Å². The second kappa shape index (κ2) is 6.39. The molecule has 1 aromatic rings. The Morgan fingerprint density at radius 3 is 2.80 bits per heavy atom. The van der Waals surface area contributed by atoms with E-state index in [0.29, 0.717) is 25.1 Å². The minimum absolute atomic E-state index is 0.107. The van der Waals surface area contributed by atoms with Gasteiger partial charge < -0.3 is 9.64 Å². The Hall–Kier alpha value is -1.36. The first-order valence-electron chi connectivity index (χ1n) is 6.77. The lowest BCUT2D eigenvalue weighted by Crippen LogP contribution is -2.41. The number of hydrogen-bond acceptors (Lipinski definition) is 3. The molecule has 0 radical (unpaired) electrons. The van der Waals surface area contributed by atoms with Gasteiger partial charge in [-0.3, -0.25) is 4.79 Å². The molecule has 0 saturated carbocycles. The van der Waals surface area contributed by atoms with Gasteiger partial charge in [-0.05, 0) is 50.5 Å². The van der Waals surface area contributed by atoms with Crippen LogP contribution in [0.2, 0.25) is 0 Å². The van der Waals surface area contributed by atoms with Crippen LogP contribution in [0.15, 0.2) is 22.7 Å². The lowest BCUT2D eigenvalue weighted by molar-refractivity contribution is -0.147. The molecule has 0 N–H and O–H groups in total. The quantitative estimate of drug-likeness (QED) is 0.795. The average Bonchev–Trinajstić information content (AvgIpc) is 2.86. The summed E-state index contributed by atoms with van der Waals surface area (Å²) >= 11 is 3.40. The van der Waals surface area contributed by atoms with Gasteiger partial charge >= 0.3 is 5.97 Å². The van der Waals surface area contributed by atoms with Gasteiger partial charge in [0.15, 0.2) is 0 Å². The lowest BCUT2D eigenvalue weighted by atomic mass is 10.1. The van der Waals surface area contributed by atoms with Gasteiger partial charge in [0.05, 0.1) is 6.61 Å². The van der Waals surface area contributed by atoms with Crippen LogP contribution < -0.4 is 0 Å². The zero-order chi connectivity index (χ0) is 14.7. The smallest absolute Gasteiger partial charge is 0.328 e. The third-order valence-electron chi connectivity index (χ3n) is 3.36. The number of halogens is 1. The molecule has 1 saturated heterocycles. The molecule has 5 heteroatoms. The first-order valence-corrected chi connectivity index (χ1v) is 7.57. The van der Waals surface area contributed by atoms with Crippen molar-refractivity contribution in [3.63, 3.8) is 0 Å². The Labute approximate surface area is 127 Å². The normalized spacial score (nSPS) is 18.1. The number of amides is 1. The number of ether oxygens (including phenoxy) is 1. The number of benzene rings is 1. The standard InChI is InChI=1S/C15H18BrNO3/c1-3-20-15(19)13-5-4-6-17(13)14(18)11-7-10(2)8-12(16)9-11/h7-9,13H,3-6H2,1-2H3. The monoisotopic (exact) mass is 339 g/mol. The molecule has 1 unspecified atom stereocenters. The van der Waals surface area contributed by atoms with Crippen molar-refractivity contribution in [1.82, 2.24) is 4.90 Å². The molecule has 108 valence electrons. The third-order valence-corrected chi connectivity index (χ3v) is 3.82. The summed E-state index contributed by atoms with van der Waals surface area (Å²) in [5.41, 5.74) is 1.61. The zero-order valence-electron chi connectivity index (χ0n) is 11.7. The highest BCUT2D eigenvalue weighted by molar-refractivity contribution is 9.10. The van der Waals surface area contributed by atoms with Crippen LogP contribution in [-0.2, 0) is 9.53 Å². The lowest BCUT2D eigenvalue weighted by Gasteiger charge is -2.23. The van der Waals surface area contributed by atoms with Gasteiger partial charge in [0, 0.05) is 16.6 Å². The molecule has 4 nitrogen and oxygen atoms in total. The summed E-state index contributed by atoms with van der Waals surface area (Å²) in [5.74, 6) is -0.407. The van der Waals surface area contributed by atoms with Crippen molar-refractivity contribution in [3.8, 4) is 0 Å². The summed E-state index contributed by atoms with van der Waals surface area (Å²) in [5, 5.41) is 0. The van der Waals surface area contributed by atoms with Crippen LogP contribution in [0.5, 0.6) is 0 Å². The Morgan fingerprint density at radius 2 is 2.15 bits per heavy atom. The molecule has 1 amide bonds. The first kappa shape index (κ1) is 15.0. The predicted octanol–water partition coefficient (Wildman–Crippen LogP) is 2.93. The zero-order valence-corrected chi connectivity index (χ0v) is 13.3. The Bertz CT molecular complexity index is 510. The van der Waals surface area contributed by atoms with E-state index < -0.39 is 6.04 Å². The summed E-state index contributed by atoms with van der Waals surface area (Å²) in [4.78, 5) is 26.1. The average molecular weight is 340 g/mol. The highest BCUT2D eigenvalue weighted by atomic mass is 79.9. The van der Waals surface area contributed by atoms with Crippen molar-refractivity contribution in [3.05, 3.63) is 33.8 Å². The molecule has 0 aliphatic carbocycles. The van der Waals surface area contributed by atoms with Crippen LogP contribution in [0.25, 0.3) is 0 Å². The van der Waals surface area contributed by atoms with Crippen molar-refractivity contribution in [2.24, 2.45) is 0 Å². The number of carbonyl (C=O) groups is 2. The molecule has 1 aromatic carbocycles. The Morgan fingerprint density at radius 1 is 1.40 bits per heavy atom. The van der Waals surface area contributed by atoms with Crippen molar-refractivity contribution >= 4 is 27.8 Å². The molecular formula is C15H18BrNO3. The second-order valence-electron chi connectivity index (χ2n) is 4.93. The summed E-state index contributed by atoms with van der Waals surface area (Å²) in [7, 11) is 0. The fourth-order valence-electron chi connectivity index (χ4n) is 2.52. The number of nitrogens with zero attached hydrogens (tertiary/aromatic N) is 1. The van der Waals surface area contributed by atoms with Crippen molar-refractivity contribution in [2.45, 2.75) is 32.7 Å². The maximum atomic E-state index is 12.6. The van der Waals surface area contributed by atoms with Crippen LogP contribution in [0.4, 0.5) is 0 Å². The molecule has 1 aliphatic heterocycles. The van der Waals surface area contributed by atoms with Crippen molar-refractivity contribution < 1.29 is 14.3 Å². The minimum Gasteiger partial charge on any atom is -0.464 e. The van der Waals surface area contributed by atoms with E-state index in [1.54, 1.807) is 17.9 Å². The molecule has 2 rings (SSSR count). The predicted molar refractivity (Wildman–Crippen MR) is 79.6 cm³/mol. The summed E-state index contributed by atoms with van der Waals surface area (Å²) in [6.45, 7) is 4.66. The van der Waals surface area contributed by atoms with E-state index in [2.05, 4.69) is 15.9 Å². The molecule has 1 fully saturated rings. The second-order valence-corrected chi connectivity index (χ2v) is 5.84. The van der Waals surface area contributed by atoms with Crippen LogP contribution in [0, 0.1) is 6.92 Å². The Kier molecular flexibility index (Phi) is 4.81. The Balaban J connectivity index is 2.21. The summed E-state index contributed by atoms with van der Waals surface area (Å²) < 4.78 is 5.92. The van der Waals surface area contributed by atoms with E-state index in [1.807, 2.05) is 19.1 Å². The molecule has 0 spiro atoms. The third kappa shape index (κ3) is 3.20. The number of aryl methyl sites for hydroxylation is 1. The van der Waals surface area contributed by atoms with Gasteiger partial charge in [0.1, 0.15) is 6.04 Å². The van der Waals surface area contributed by atoms with Crippen LogP contribution in [0.3, 0.4) is 0 Å². The topological polar surface area (TPSA) is 46.6 Å². The maximum absolute atomic E-state index is 12.6. The molecule has 0 aromatic heterocycles. The first-order chi connectivity index (χ1) is 9.52. The van der Waals surface area contributed by atoms with Gasteiger partial charge in [-0.2, -0.15) is 0 Å². The van der Waals surface area contributed by atoms with Crippen LogP contribution in [0.1, 0.15) is 35.7 Å². The van der Waals surface area contributed by atoms with Crippen LogP contribution >= 0.6 is 15.9 Å². The SMILES string of the molecule is CCOC(=O)C1CCCN1C(=O)c1cc(C)cc(Br)c1. The largest absolute Gasteiger partial charge is 0.464 e. The highest BCUT2D eigenvalue weighted by Gasteiger charge is 2.35. The molecular weight excluding hydrogens is 322 g/mol. The highest BCUT2D eigenvalue weighted by Crippen LogP contribution is 2.23. The fourth-order valence-corrected chi connectivity index (χ4v) is 3.13. The number of likely N-dealkylation sites (tertiary alicyclic amines) is 1. The fraction of sp³-hybridized carbons (Fsp3) is 0.467. The molecule has 1 aliphatic rings. The van der Waals surface area contributed by atoms with E-state index in [4.69, 9.17) is 4.74 Å². The van der Waals surface area contributed by atoms with E-state index >= 15 is 0 Å². The maximum Gasteiger partial charge on any atom is 0.328 e. The van der Waals surface area contributed by atoms with E-state index in [1.165, 1.54) is 0 Å². The number of rotatable bonds is 3. The molecule has 1 atom stereocenters. The number of carbonyl (C=O) groups excluding carboxylic acids is 2. The van der Waals surface area contributed by atoms with E-state index in [9.17, 15) is 9.59 Å². The van der Waals surface area contributed by atoms with Gasteiger partial charge in [0.25, 0.3) is 5.91 Å². The molecule has 1 heterocycles. The number of esters is 1. The van der Waals surface area contributed by atoms with Crippen molar-refractivity contribution in [2.75, 3.05) is 13.2 Å². The summed E-state index contributed by atoms with van der Waals surface area (Å²) in [6.07, 6.45) is 1.51. The van der Waals surface area contributed by atoms with Gasteiger partial charge in [-0.15, -0.1) is 0 Å². The molecule has 20 heavy (non-hydrogen) atoms. The van der Waals surface area contributed by atoms with Gasteiger partial charge in [-0.1, -0.05) is 15.9 Å². The van der Waals surface area contributed by atoms with Gasteiger partial charge in [-0.25, -0.2) is 4.79 Å². The van der Waals surface area contributed by atoms with E-state index in [0.717, 1.165) is 16.5 Å². The minimum atomic E-state index is -0.443. The van der Waals surface area contributed by atoms with Crippen molar-refractivity contribution in [1.29, 1.82) is 0 Å². The molecule has 0 bridgehead atoms. The van der Waals surface area contributed by atoms with Gasteiger partial charge in [0.2, 0.25) is 0 Å². The number of hydrogen-bond donors (Lipinski definition) is 0. The van der Waals surface area contributed by atoms with E-state index in [-0.39, 0.29) is 11.9 Å². The summed E-state index contributed by atoms with van der Waals surface area (Å²) in [6, 6.07) is 5.13.